The summed E-state index contributed by atoms with van der Waals surface area (Å²) in [6.07, 6.45) is 0. The minimum Gasteiger partial charge on any atom is -0.387 e. The predicted octanol–water partition coefficient (Wildman–Crippen LogP) is 0.0821. The van der Waals surface area contributed by atoms with Crippen LogP contribution >= 0.6 is 0 Å². The van der Waals surface area contributed by atoms with Crippen molar-refractivity contribution in [2.45, 2.75) is 6.92 Å². The first kappa shape index (κ1) is 5.96. The van der Waals surface area contributed by atoms with E-state index >= 15 is 0 Å². The van der Waals surface area contributed by atoms with Gasteiger partial charge in [-0.1, -0.05) is 0 Å². The molecule has 0 spiro atoms. The smallest absolute Gasteiger partial charge is 0.108 e. The Kier molecular flexibility index (Phi) is 1.86. The van der Waals surface area contributed by atoms with Crippen LogP contribution in [0.15, 0.2) is 0 Å². The van der Waals surface area contributed by atoms with Gasteiger partial charge in [-0.2, -0.15) is 5.26 Å². The van der Waals surface area contributed by atoms with Crippen LogP contribution in [0.4, 0.5) is 0 Å². The normalized spacial score (nSPS) is 12.0. The molecule has 0 saturated heterocycles. The Morgan fingerprint density at radius 1 is 2.00 bits per heavy atom. The maximum Gasteiger partial charge on any atom is 0.108 e. The number of nitrogens with one attached hydrogen (secondary N) is 1. The van der Waals surface area contributed by atoms with Gasteiger partial charge in [0.05, 0.1) is 6.07 Å². The van der Waals surface area contributed by atoms with Crippen molar-refractivity contribution in [1.82, 2.24) is 0 Å². The molecular weight excluding hydrogens is 90.1 g/mol. The molecule has 0 amide bonds. The fourth-order valence-corrected chi connectivity index (χ4v) is 0.0695. The first-order valence-corrected chi connectivity index (χ1v) is 1.92. The topological polar surface area (TPSA) is 73.7 Å². The molecule has 0 aromatic carbocycles. The van der Waals surface area contributed by atoms with Gasteiger partial charge in [-0.05, 0) is 6.92 Å². The Morgan fingerprint density at radius 3 is 2.43 bits per heavy atom. The highest BCUT2D eigenvalue weighted by Gasteiger charge is 1.98. The van der Waals surface area contributed by atoms with Gasteiger partial charge in [-0.15, -0.1) is 0 Å². The van der Waals surface area contributed by atoms with Gasteiger partial charge in [0, 0.05) is 0 Å². The molecule has 38 valence electrons. The van der Waals surface area contributed by atoms with Crippen LogP contribution in [-0.4, -0.2) is 5.84 Å². The maximum atomic E-state index is 8.03. The summed E-state index contributed by atoms with van der Waals surface area (Å²) < 4.78 is 0. The number of nitrogens with zero attached hydrogens (tertiary/aromatic N) is 1. The zero-order chi connectivity index (χ0) is 5.86. The van der Waals surface area contributed by atoms with E-state index in [4.69, 9.17) is 16.4 Å². The van der Waals surface area contributed by atoms with Gasteiger partial charge in [0.25, 0.3) is 0 Å². The van der Waals surface area contributed by atoms with Gasteiger partial charge in [-0.3, -0.25) is 5.41 Å². The highest BCUT2D eigenvalue weighted by molar-refractivity contribution is 5.81. The molecule has 3 heteroatoms. The van der Waals surface area contributed by atoms with Gasteiger partial charge in [0.2, 0.25) is 0 Å². The predicted molar refractivity (Wildman–Crippen MR) is 26.7 cm³/mol. The molecule has 1 unspecified atom stereocenters. The molecule has 0 aliphatic rings. The summed E-state index contributed by atoms with van der Waals surface area (Å²) in [5.74, 6) is -0.498. The Bertz CT molecular complexity index is 111. The first-order chi connectivity index (χ1) is 3.18. The van der Waals surface area contributed by atoms with Crippen LogP contribution in [0, 0.1) is 22.7 Å². The van der Waals surface area contributed by atoms with E-state index in [1.165, 1.54) is 0 Å². The Balaban J connectivity index is 3.63. The lowest BCUT2D eigenvalue weighted by Crippen LogP contribution is -2.17. The molecule has 0 aromatic rings. The molecule has 1 atom stereocenters. The number of amidine groups is 1. The highest BCUT2D eigenvalue weighted by atomic mass is 14.7. The van der Waals surface area contributed by atoms with Gasteiger partial charge in [-0.25, -0.2) is 0 Å². The van der Waals surface area contributed by atoms with Crippen molar-refractivity contribution >= 4 is 5.84 Å². The number of nitriles is 1. The molecule has 0 aliphatic heterocycles. The van der Waals surface area contributed by atoms with Crippen LogP contribution in [0.2, 0.25) is 0 Å². The summed E-state index contributed by atoms with van der Waals surface area (Å²) in [7, 11) is 0. The molecule has 0 heterocycles. The van der Waals surface area contributed by atoms with Gasteiger partial charge < -0.3 is 5.73 Å². The zero-order valence-corrected chi connectivity index (χ0v) is 4.10. The molecule has 0 fully saturated rings. The van der Waals surface area contributed by atoms with E-state index in [2.05, 4.69) is 0 Å². The van der Waals surface area contributed by atoms with Crippen LogP contribution in [0.3, 0.4) is 0 Å². The van der Waals surface area contributed by atoms with E-state index in [0.29, 0.717) is 0 Å². The van der Waals surface area contributed by atoms with Crippen molar-refractivity contribution in [2.75, 3.05) is 0 Å². The van der Waals surface area contributed by atoms with E-state index < -0.39 is 5.92 Å². The van der Waals surface area contributed by atoms with E-state index in [1.807, 2.05) is 6.07 Å². The quantitative estimate of drug-likeness (QED) is 0.359. The standard InChI is InChI=1S/C4H7N3/c1-3(2-5)4(6)7/h3H,1H3,(H3,6,7). The second-order valence-electron chi connectivity index (χ2n) is 1.31. The van der Waals surface area contributed by atoms with Gasteiger partial charge in [0.15, 0.2) is 0 Å². The average Bonchev–Trinajstić information content (AvgIpc) is 1.65. The SMILES string of the molecule is CC(C#N)C(=N)N. The fraction of sp³-hybridized carbons (Fsp3) is 0.500. The second kappa shape index (κ2) is 2.19. The van der Waals surface area contributed by atoms with Crippen molar-refractivity contribution in [3.05, 3.63) is 0 Å². The monoisotopic (exact) mass is 97.1 g/mol. The summed E-state index contributed by atoms with van der Waals surface area (Å²) in [5, 5.41) is 14.7. The maximum absolute atomic E-state index is 8.03. The molecule has 0 aromatic heterocycles. The largest absolute Gasteiger partial charge is 0.387 e. The minimum absolute atomic E-state index is 0.0671. The van der Waals surface area contributed by atoms with Crippen molar-refractivity contribution in [3.63, 3.8) is 0 Å². The third kappa shape index (κ3) is 1.77. The molecular formula is C4H7N3. The van der Waals surface area contributed by atoms with E-state index in [0.717, 1.165) is 0 Å². The van der Waals surface area contributed by atoms with Crippen LogP contribution in [0.25, 0.3) is 0 Å². The molecule has 7 heavy (non-hydrogen) atoms. The summed E-state index contributed by atoms with van der Waals surface area (Å²) in [5.41, 5.74) is 4.91. The third-order valence-electron chi connectivity index (χ3n) is 0.660. The van der Waals surface area contributed by atoms with E-state index in [9.17, 15) is 0 Å². The minimum atomic E-state index is -0.431. The highest BCUT2D eigenvalue weighted by Crippen LogP contribution is 1.85. The molecule has 0 bridgehead atoms. The van der Waals surface area contributed by atoms with Crippen molar-refractivity contribution in [3.8, 4) is 6.07 Å². The average molecular weight is 97.1 g/mol. The van der Waals surface area contributed by atoms with Crippen LogP contribution in [0.1, 0.15) is 6.92 Å². The number of hydrogen-bond donors (Lipinski definition) is 2. The lowest BCUT2D eigenvalue weighted by Gasteiger charge is -1.92. The lowest BCUT2D eigenvalue weighted by atomic mass is 10.2. The molecule has 3 N–H and O–H groups in total. The molecule has 0 saturated carbocycles. The van der Waals surface area contributed by atoms with Gasteiger partial charge in [0.1, 0.15) is 11.8 Å². The van der Waals surface area contributed by atoms with Crippen molar-refractivity contribution in [2.24, 2.45) is 11.7 Å². The Morgan fingerprint density at radius 2 is 2.43 bits per heavy atom. The summed E-state index contributed by atoms with van der Waals surface area (Å²) in [6.45, 7) is 1.59. The van der Waals surface area contributed by atoms with E-state index in [1.54, 1.807) is 6.92 Å². The lowest BCUT2D eigenvalue weighted by molar-refractivity contribution is 0.984. The Labute approximate surface area is 42.3 Å². The molecule has 0 aliphatic carbocycles. The molecule has 0 radical (unpaired) electrons. The van der Waals surface area contributed by atoms with Crippen LogP contribution in [-0.2, 0) is 0 Å². The van der Waals surface area contributed by atoms with Gasteiger partial charge >= 0.3 is 0 Å². The molecule has 3 nitrogen and oxygen atoms in total. The van der Waals surface area contributed by atoms with Crippen molar-refractivity contribution < 1.29 is 0 Å². The Hall–Kier alpha value is -1.04. The van der Waals surface area contributed by atoms with Crippen molar-refractivity contribution in [1.29, 1.82) is 10.7 Å². The third-order valence-corrected chi connectivity index (χ3v) is 0.660. The second-order valence-corrected chi connectivity index (χ2v) is 1.31. The summed E-state index contributed by atoms with van der Waals surface area (Å²) in [4.78, 5) is 0. The van der Waals surface area contributed by atoms with E-state index in [-0.39, 0.29) is 5.84 Å². The number of rotatable bonds is 1. The number of nitrogens with two attached hydrogens (primary N) is 1. The zero-order valence-electron chi connectivity index (χ0n) is 4.10. The molecule has 0 rings (SSSR count). The van der Waals surface area contributed by atoms with Crippen LogP contribution < -0.4 is 5.73 Å². The summed E-state index contributed by atoms with van der Waals surface area (Å²) in [6, 6.07) is 1.81. The number of hydrogen-bond acceptors (Lipinski definition) is 2. The summed E-state index contributed by atoms with van der Waals surface area (Å²) >= 11 is 0. The first-order valence-electron chi connectivity index (χ1n) is 1.92. The fourth-order valence-electron chi connectivity index (χ4n) is 0.0695. The van der Waals surface area contributed by atoms with Crippen LogP contribution in [0.5, 0.6) is 0 Å².